The van der Waals surface area contributed by atoms with E-state index in [-0.39, 0.29) is 21.7 Å². The molecule has 21 heavy (non-hydrogen) atoms. The first kappa shape index (κ1) is 13.1. The zero-order valence-electron chi connectivity index (χ0n) is 10.5. The third kappa shape index (κ3) is 2.10. The number of aromatic nitrogens is 3. The number of nitrogens with one attached hydrogen (secondary N) is 2. The normalized spacial score (nSPS) is 10.5. The molecule has 0 aliphatic carbocycles. The summed E-state index contributed by atoms with van der Waals surface area (Å²) in [5.74, 6) is 0. The number of nitriles is 1. The van der Waals surface area contributed by atoms with Crippen molar-refractivity contribution in [2.75, 3.05) is 0 Å². The first-order valence-electron chi connectivity index (χ1n) is 5.93. The molecule has 102 valence electrons. The van der Waals surface area contributed by atoms with E-state index in [1.165, 1.54) is 0 Å². The topological polar surface area (TPSA) is 102 Å². The van der Waals surface area contributed by atoms with Gasteiger partial charge in [0, 0.05) is 5.56 Å². The average Bonchev–Trinajstić information content (AvgIpc) is 2.46. The van der Waals surface area contributed by atoms with Crippen molar-refractivity contribution in [3.63, 3.8) is 0 Å². The molecular formula is C14H7ClN4O2. The Morgan fingerprint density at radius 3 is 2.52 bits per heavy atom. The first-order chi connectivity index (χ1) is 10.1. The van der Waals surface area contributed by atoms with E-state index in [0.717, 1.165) is 0 Å². The second-order valence-corrected chi connectivity index (χ2v) is 4.62. The molecule has 6 nitrogen and oxygen atoms in total. The van der Waals surface area contributed by atoms with Crippen molar-refractivity contribution in [2.24, 2.45) is 0 Å². The molecule has 0 aliphatic heterocycles. The van der Waals surface area contributed by atoms with Crippen molar-refractivity contribution in [3.8, 4) is 17.2 Å². The number of halogens is 1. The third-order valence-corrected chi connectivity index (χ3v) is 3.29. The maximum absolute atomic E-state index is 12.1. The van der Waals surface area contributed by atoms with E-state index in [4.69, 9.17) is 11.6 Å². The van der Waals surface area contributed by atoms with Gasteiger partial charge in [0.25, 0.3) is 5.56 Å². The van der Waals surface area contributed by atoms with Gasteiger partial charge in [-0.1, -0.05) is 41.9 Å². The van der Waals surface area contributed by atoms with Crippen LogP contribution in [-0.2, 0) is 0 Å². The van der Waals surface area contributed by atoms with Crippen LogP contribution in [0.1, 0.15) is 5.56 Å². The van der Waals surface area contributed by atoms with Gasteiger partial charge in [0.2, 0.25) is 0 Å². The summed E-state index contributed by atoms with van der Waals surface area (Å²) in [6.07, 6.45) is 0. The van der Waals surface area contributed by atoms with Gasteiger partial charge in [-0.15, -0.1) is 0 Å². The summed E-state index contributed by atoms with van der Waals surface area (Å²) in [7, 11) is 0. The highest BCUT2D eigenvalue weighted by Crippen LogP contribution is 2.31. The SMILES string of the molecule is N#Cc1c(Cl)nc2[nH]c(=O)[nH]c(=O)c2c1-c1ccccc1. The lowest BCUT2D eigenvalue weighted by Crippen LogP contribution is -2.23. The zero-order chi connectivity index (χ0) is 15.0. The molecule has 0 saturated carbocycles. The van der Waals surface area contributed by atoms with Crippen LogP contribution in [0.2, 0.25) is 5.15 Å². The summed E-state index contributed by atoms with van der Waals surface area (Å²) >= 11 is 6.00. The quantitative estimate of drug-likeness (QED) is 0.669. The molecule has 0 spiro atoms. The predicted molar refractivity (Wildman–Crippen MR) is 78.1 cm³/mol. The Balaban J connectivity index is 2.60. The Labute approximate surface area is 122 Å². The standard InChI is InChI=1S/C14H7ClN4O2/c15-11-8(6-16)9(7-4-2-1-3-5-7)10-12(17-11)18-14(21)19-13(10)20/h1-5H,(H2,17,18,19,20,21). The molecular weight excluding hydrogens is 292 g/mol. The molecule has 1 aromatic carbocycles. The molecule has 3 aromatic rings. The molecule has 2 N–H and O–H groups in total. The molecule has 0 atom stereocenters. The highest BCUT2D eigenvalue weighted by Gasteiger charge is 2.18. The number of fused-ring (bicyclic) bond motifs is 1. The number of hydrogen-bond acceptors (Lipinski definition) is 4. The Bertz CT molecular complexity index is 1000. The minimum atomic E-state index is -0.681. The summed E-state index contributed by atoms with van der Waals surface area (Å²) in [5, 5.41) is 9.37. The first-order valence-corrected chi connectivity index (χ1v) is 6.31. The molecule has 3 rings (SSSR count). The molecule has 0 radical (unpaired) electrons. The third-order valence-electron chi connectivity index (χ3n) is 3.01. The number of aromatic amines is 2. The lowest BCUT2D eigenvalue weighted by atomic mass is 9.99. The predicted octanol–water partition coefficient (Wildman–Crippen LogP) is 1.80. The number of rotatable bonds is 1. The van der Waals surface area contributed by atoms with Gasteiger partial charge in [-0.3, -0.25) is 14.8 Å². The monoisotopic (exact) mass is 298 g/mol. The van der Waals surface area contributed by atoms with E-state index in [0.29, 0.717) is 11.1 Å². The average molecular weight is 299 g/mol. The smallest absolute Gasteiger partial charge is 0.291 e. The Hall–Kier alpha value is -2.91. The van der Waals surface area contributed by atoms with Crippen LogP contribution in [0.5, 0.6) is 0 Å². The summed E-state index contributed by atoms with van der Waals surface area (Å²) < 4.78 is 0. The van der Waals surface area contributed by atoms with Crippen LogP contribution in [0.4, 0.5) is 0 Å². The van der Waals surface area contributed by atoms with Gasteiger partial charge >= 0.3 is 5.69 Å². The van der Waals surface area contributed by atoms with E-state index in [1.54, 1.807) is 24.3 Å². The number of benzene rings is 1. The molecule has 7 heteroatoms. The van der Waals surface area contributed by atoms with Crippen LogP contribution in [-0.4, -0.2) is 15.0 Å². The maximum Gasteiger partial charge on any atom is 0.327 e. The van der Waals surface area contributed by atoms with Crippen molar-refractivity contribution < 1.29 is 0 Å². The van der Waals surface area contributed by atoms with E-state index >= 15 is 0 Å². The van der Waals surface area contributed by atoms with Gasteiger partial charge in [-0.2, -0.15) is 5.26 Å². The molecule has 0 amide bonds. The fourth-order valence-corrected chi connectivity index (χ4v) is 2.39. The van der Waals surface area contributed by atoms with E-state index in [2.05, 4.69) is 15.0 Å². The van der Waals surface area contributed by atoms with Crippen molar-refractivity contribution in [2.45, 2.75) is 0 Å². The molecule has 0 saturated heterocycles. The number of pyridine rings is 1. The number of hydrogen-bond donors (Lipinski definition) is 2. The van der Waals surface area contributed by atoms with Crippen LogP contribution < -0.4 is 11.2 Å². The lowest BCUT2D eigenvalue weighted by molar-refractivity contribution is 1.06. The highest BCUT2D eigenvalue weighted by molar-refractivity contribution is 6.31. The summed E-state index contributed by atoms with van der Waals surface area (Å²) in [6, 6.07) is 10.8. The van der Waals surface area contributed by atoms with Crippen LogP contribution in [0.3, 0.4) is 0 Å². The Morgan fingerprint density at radius 1 is 1.14 bits per heavy atom. The van der Waals surface area contributed by atoms with E-state index in [9.17, 15) is 14.9 Å². The second kappa shape index (κ2) is 4.89. The van der Waals surface area contributed by atoms with Gasteiger partial charge < -0.3 is 0 Å². The van der Waals surface area contributed by atoms with Crippen molar-refractivity contribution >= 4 is 22.6 Å². The summed E-state index contributed by atoms with van der Waals surface area (Å²) in [5.41, 5.74) is -0.168. The van der Waals surface area contributed by atoms with Gasteiger partial charge in [0.05, 0.1) is 10.9 Å². The largest absolute Gasteiger partial charge is 0.327 e. The number of H-pyrrole nitrogens is 2. The van der Waals surface area contributed by atoms with Crippen LogP contribution in [0, 0.1) is 11.3 Å². The molecule has 2 aromatic heterocycles. The second-order valence-electron chi connectivity index (χ2n) is 4.26. The zero-order valence-corrected chi connectivity index (χ0v) is 11.2. The van der Waals surface area contributed by atoms with Crippen molar-refractivity contribution in [3.05, 3.63) is 61.9 Å². The Kier molecular flexibility index (Phi) is 3.05. The van der Waals surface area contributed by atoms with E-state index < -0.39 is 11.2 Å². The Morgan fingerprint density at radius 2 is 1.86 bits per heavy atom. The molecule has 0 bridgehead atoms. The minimum absolute atomic E-state index is 0.0478. The highest BCUT2D eigenvalue weighted by atomic mass is 35.5. The minimum Gasteiger partial charge on any atom is -0.291 e. The van der Waals surface area contributed by atoms with Crippen molar-refractivity contribution in [1.82, 2.24) is 15.0 Å². The van der Waals surface area contributed by atoms with Gasteiger partial charge in [-0.05, 0) is 5.56 Å². The fraction of sp³-hybridized carbons (Fsp3) is 0. The lowest BCUT2D eigenvalue weighted by Gasteiger charge is -2.08. The van der Waals surface area contributed by atoms with Gasteiger partial charge in [-0.25, -0.2) is 9.78 Å². The molecule has 2 heterocycles. The van der Waals surface area contributed by atoms with Gasteiger partial charge in [0.1, 0.15) is 16.9 Å². The molecule has 0 unspecified atom stereocenters. The summed E-state index contributed by atoms with van der Waals surface area (Å²) in [6.45, 7) is 0. The van der Waals surface area contributed by atoms with Crippen LogP contribution >= 0.6 is 11.6 Å². The fourth-order valence-electron chi connectivity index (χ4n) is 2.17. The molecule has 0 aliphatic rings. The maximum atomic E-state index is 12.1. The van der Waals surface area contributed by atoms with Gasteiger partial charge in [0.15, 0.2) is 0 Å². The number of nitrogens with zero attached hydrogens (tertiary/aromatic N) is 2. The van der Waals surface area contributed by atoms with Crippen LogP contribution in [0.25, 0.3) is 22.2 Å². The van der Waals surface area contributed by atoms with Crippen LogP contribution in [0.15, 0.2) is 39.9 Å². The van der Waals surface area contributed by atoms with Crippen molar-refractivity contribution in [1.29, 1.82) is 5.26 Å². The summed E-state index contributed by atoms with van der Waals surface area (Å²) in [4.78, 5) is 31.9. The van der Waals surface area contributed by atoms with E-state index in [1.807, 2.05) is 12.1 Å². The molecule has 0 fully saturated rings.